The van der Waals surface area contributed by atoms with Crippen LogP contribution in [0.3, 0.4) is 0 Å². The van der Waals surface area contributed by atoms with Gasteiger partial charge in [0.2, 0.25) is 0 Å². The average molecular weight is 308 g/mol. The zero-order valence-corrected chi connectivity index (χ0v) is 13.3. The Bertz CT molecular complexity index is 539. The van der Waals surface area contributed by atoms with Gasteiger partial charge in [0.05, 0.1) is 6.04 Å². The third kappa shape index (κ3) is 4.26. The third-order valence-corrected chi connectivity index (χ3v) is 3.82. The second kappa shape index (κ2) is 6.42. The number of aromatic carboxylic acids is 1. The van der Waals surface area contributed by atoms with E-state index in [2.05, 4.69) is 10.3 Å². The predicted octanol–water partition coefficient (Wildman–Crippen LogP) is 3.47. The summed E-state index contributed by atoms with van der Waals surface area (Å²) in [6, 6.07) is 3.01. The minimum atomic E-state index is -1.01. The summed E-state index contributed by atoms with van der Waals surface area (Å²) in [5.41, 5.74) is 0.283. The van der Waals surface area contributed by atoms with Crippen molar-refractivity contribution in [2.45, 2.75) is 58.1 Å². The first-order valence-electron chi connectivity index (χ1n) is 7.68. The molecule has 0 aliphatic heterocycles. The summed E-state index contributed by atoms with van der Waals surface area (Å²) < 4.78 is 5.32. The standard InChI is InChI=1S/C16H24N2O4/c1-16(2,3)22-15(21)18-13(10-6-4-5-7-10)11-8-9-12(17-11)14(19)20/h8-10,13,17H,4-7H2,1-3H3,(H,18,21)(H,19,20)/t13-/m0/s1. The first-order valence-corrected chi connectivity index (χ1v) is 7.68. The Morgan fingerprint density at radius 2 is 1.95 bits per heavy atom. The smallest absolute Gasteiger partial charge is 0.408 e. The molecular formula is C16H24N2O4. The summed E-state index contributed by atoms with van der Waals surface area (Å²) in [7, 11) is 0. The van der Waals surface area contributed by atoms with Crippen molar-refractivity contribution < 1.29 is 19.4 Å². The van der Waals surface area contributed by atoms with Crippen molar-refractivity contribution in [3.05, 3.63) is 23.5 Å². The first-order chi connectivity index (χ1) is 10.3. The molecule has 0 spiro atoms. The second-order valence-corrected chi connectivity index (χ2v) is 6.80. The number of hydrogen-bond acceptors (Lipinski definition) is 3. The lowest BCUT2D eigenvalue weighted by Gasteiger charge is -2.26. The maximum absolute atomic E-state index is 12.1. The third-order valence-electron chi connectivity index (χ3n) is 3.82. The van der Waals surface area contributed by atoms with Gasteiger partial charge in [-0.3, -0.25) is 0 Å². The van der Waals surface area contributed by atoms with Gasteiger partial charge in [-0.25, -0.2) is 9.59 Å². The fourth-order valence-corrected chi connectivity index (χ4v) is 2.89. The van der Waals surface area contributed by atoms with Crippen LogP contribution in [0.25, 0.3) is 0 Å². The van der Waals surface area contributed by atoms with Crippen LogP contribution in [-0.2, 0) is 4.74 Å². The maximum Gasteiger partial charge on any atom is 0.408 e. The van der Waals surface area contributed by atoms with Crippen LogP contribution in [-0.4, -0.2) is 27.8 Å². The molecule has 1 aliphatic rings. The van der Waals surface area contributed by atoms with Crippen molar-refractivity contribution in [1.29, 1.82) is 0 Å². The van der Waals surface area contributed by atoms with Crippen LogP contribution in [0.4, 0.5) is 4.79 Å². The van der Waals surface area contributed by atoms with Crippen LogP contribution in [0.15, 0.2) is 12.1 Å². The molecular weight excluding hydrogens is 284 g/mol. The summed E-state index contributed by atoms with van der Waals surface area (Å²) in [6.07, 6.45) is 3.81. The summed E-state index contributed by atoms with van der Waals surface area (Å²) in [4.78, 5) is 26.0. The van der Waals surface area contributed by atoms with Gasteiger partial charge in [0.25, 0.3) is 0 Å². The Morgan fingerprint density at radius 1 is 1.32 bits per heavy atom. The number of alkyl carbamates (subject to hydrolysis) is 1. The molecule has 1 aliphatic carbocycles. The lowest BCUT2D eigenvalue weighted by molar-refractivity contribution is 0.0483. The molecule has 1 atom stereocenters. The number of hydrogen-bond donors (Lipinski definition) is 3. The highest BCUT2D eigenvalue weighted by Crippen LogP contribution is 2.35. The lowest BCUT2D eigenvalue weighted by Crippen LogP contribution is -2.37. The number of carbonyl (C=O) groups is 2. The van der Waals surface area contributed by atoms with E-state index >= 15 is 0 Å². The second-order valence-electron chi connectivity index (χ2n) is 6.80. The molecule has 0 bridgehead atoms. The van der Waals surface area contributed by atoms with Gasteiger partial charge in [0, 0.05) is 5.69 Å². The number of aromatic nitrogens is 1. The SMILES string of the molecule is CC(C)(C)OC(=O)N[C@H](c1ccc(C(=O)O)[nH]1)C1CCCC1. The Kier molecular flexibility index (Phi) is 4.78. The highest BCUT2D eigenvalue weighted by molar-refractivity contribution is 5.85. The van der Waals surface area contributed by atoms with Crippen LogP contribution >= 0.6 is 0 Å². The van der Waals surface area contributed by atoms with E-state index in [1.54, 1.807) is 6.07 Å². The number of carbonyl (C=O) groups excluding carboxylic acids is 1. The number of carboxylic acid groups (broad SMARTS) is 1. The largest absolute Gasteiger partial charge is 0.477 e. The van der Waals surface area contributed by atoms with E-state index in [0.717, 1.165) is 31.4 Å². The van der Waals surface area contributed by atoms with Crippen molar-refractivity contribution in [2.24, 2.45) is 5.92 Å². The molecule has 1 aromatic heterocycles. The molecule has 1 aromatic rings. The molecule has 6 nitrogen and oxygen atoms in total. The minimum Gasteiger partial charge on any atom is -0.477 e. The molecule has 1 amide bonds. The Balaban J connectivity index is 2.15. The van der Waals surface area contributed by atoms with Crippen LogP contribution in [0.5, 0.6) is 0 Å². The molecule has 6 heteroatoms. The molecule has 0 saturated heterocycles. The van der Waals surface area contributed by atoms with E-state index in [-0.39, 0.29) is 11.7 Å². The van der Waals surface area contributed by atoms with Crippen molar-refractivity contribution in [3.63, 3.8) is 0 Å². The van der Waals surface area contributed by atoms with E-state index < -0.39 is 17.7 Å². The number of carboxylic acids is 1. The van der Waals surface area contributed by atoms with E-state index in [0.29, 0.717) is 5.92 Å². The topological polar surface area (TPSA) is 91.4 Å². The Hall–Kier alpha value is -1.98. The van der Waals surface area contributed by atoms with Gasteiger partial charge in [-0.2, -0.15) is 0 Å². The molecule has 22 heavy (non-hydrogen) atoms. The molecule has 1 fully saturated rings. The lowest BCUT2D eigenvalue weighted by atomic mass is 9.95. The molecule has 122 valence electrons. The van der Waals surface area contributed by atoms with Gasteiger partial charge >= 0.3 is 12.1 Å². The van der Waals surface area contributed by atoms with E-state index in [9.17, 15) is 9.59 Å². The van der Waals surface area contributed by atoms with Crippen LogP contribution < -0.4 is 5.32 Å². The Morgan fingerprint density at radius 3 is 2.45 bits per heavy atom. The monoisotopic (exact) mass is 308 g/mol. The fraction of sp³-hybridized carbons (Fsp3) is 0.625. The molecule has 3 N–H and O–H groups in total. The highest BCUT2D eigenvalue weighted by Gasteiger charge is 2.30. The van der Waals surface area contributed by atoms with Crippen molar-refractivity contribution in [3.8, 4) is 0 Å². The van der Waals surface area contributed by atoms with Gasteiger partial charge in [-0.05, 0) is 51.7 Å². The van der Waals surface area contributed by atoms with Gasteiger partial charge in [0.15, 0.2) is 0 Å². The quantitative estimate of drug-likeness (QED) is 0.794. The zero-order chi connectivity index (χ0) is 16.3. The molecule has 0 aromatic carbocycles. The van der Waals surface area contributed by atoms with Crippen LogP contribution in [0.1, 0.15) is 68.7 Å². The predicted molar refractivity (Wildman–Crippen MR) is 81.8 cm³/mol. The van der Waals surface area contributed by atoms with E-state index in [1.807, 2.05) is 20.8 Å². The number of ether oxygens (including phenoxy) is 1. The normalized spacial score (nSPS) is 17.2. The molecule has 0 radical (unpaired) electrons. The summed E-state index contributed by atoms with van der Waals surface area (Å²) >= 11 is 0. The number of rotatable bonds is 4. The summed E-state index contributed by atoms with van der Waals surface area (Å²) in [6.45, 7) is 5.44. The highest BCUT2D eigenvalue weighted by atomic mass is 16.6. The molecule has 1 heterocycles. The average Bonchev–Trinajstić information content (AvgIpc) is 3.05. The molecule has 2 rings (SSSR count). The van der Waals surface area contributed by atoms with Gasteiger partial charge in [0.1, 0.15) is 11.3 Å². The van der Waals surface area contributed by atoms with Crippen molar-refractivity contribution >= 4 is 12.1 Å². The van der Waals surface area contributed by atoms with Crippen molar-refractivity contribution in [2.75, 3.05) is 0 Å². The number of nitrogens with one attached hydrogen (secondary N) is 2. The van der Waals surface area contributed by atoms with Gasteiger partial charge in [-0.15, -0.1) is 0 Å². The van der Waals surface area contributed by atoms with Crippen molar-refractivity contribution in [1.82, 2.24) is 10.3 Å². The van der Waals surface area contributed by atoms with E-state index in [4.69, 9.17) is 9.84 Å². The minimum absolute atomic E-state index is 0.129. The summed E-state index contributed by atoms with van der Waals surface area (Å²) in [5, 5.41) is 11.9. The summed E-state index contributed by atoms with van der Waals surface area (Å²) in [5.74, 6) is -0.707. The van der Waals surface area contributed by atoms with Crippen LogP contribution in [0, 0.1) is 5.92 Å². The first kappa shape index (κ1) is 16.4. The molecule has 1 saturated carbocycles. The number of amides is 1. The number of H-pyrrole nitrogens is 1. The number of aromatic amines is 1. The van der Waals surface area contributed by atoms with Gasteiger partial charge in [-0.1, -0.05) is 12.8 Å². The molecule has 0 unspecified atom stereocenters. The van der Waals surface area contributed by atoms with Gasteiger partial charge < -0.3 is 20.1 Å². The maximum atomic E-state index is 12.1. The van der Waals surface area contributed by atoms with E-state index in [1.165, 1.54) is 6.07 Å². The zero-order valence-electron chi connectivity index (χ0n) is 13.3. The van der Waals surface area contributed by atoms with Crippen LogP contribution in [0.2, 0.25) is 0 Å². The fourth-order valence-electron chi connectivity index (χ4n) is 2.89. The Labute approximate surface area is 130 Å².